The number of carbonyl (C=O) groups excluding carboxylic acids is 1. The van der Waals surface area contributed by atoms with E-state index in [4.69, 9.17) is 0 Å². The second-order valence-electron chi connectivity index (χ2n) is 5.82. The van der Waals surface area contributed by atoms with Crippen LogP contribution in [0.3, 0.4) is 0 Å². The van der Waals surface area contributed by atoms with Crippen LogP contribution in [-0.2, 0) is 17.9 Å². The minimum absolute atomic E-state index is 0.0856. The van der Waals surface area contributed by atoms with E-state index in [9.17, 15) is 4.79 Å². The summed E-state index contributed by atoms with van der Waals surface area (Å²) < 4.78 is 0. The maximum Gasteiger partial charge on any atom is 0.225 e. The summed E-state index contributed by atoms with van der Waals surface area (Å²) in [6.45, 7) is 5.50. The van der Waals surface area contributed by atoms with Crippen LogP contribution in [0.15, 0.2) is 48.5 Å². The molecule has 1 aliphatic heterocycles. The van der Waals surface area contributed by atoms with E-state index in [0.717, 1.165) is 6.42 Å². The van der Waals surface area contributed by atoms with Crippen molar-refractivity contribution in [1.82, 2.24) is 4.90 Å². The quantitative estimate of drug-likeness (QED) is 0.805. The van der Waals surface area contributed by atoms with Gasteiger partial charge in [0.05, 0.1) is 0 Å². The van der Waals surface area contributed by atoms with Crippen molar-refractivity contribution < 1.29 is 4.79 Å². The van der Waals surface area contributed by atoms with Crippen molar-refractivity contribution in [3.8, 4) is 11.1 Å². The van der Waals surface area contributed by atoms with Gasteiger partial charge in [0.15, 0.2) is 0 Å². The summed E-state index contributed by atoms with van der Waals surface area (Å²) in [6.07, 6.45) is 0.888. The molecule has 2 aromatic carbocycles. The first-order valence-electron chi connectivity index (χ1n) is 7.65. The number of benzene rings is 2. The molecule has 0 fully saturated rings. The smallest absolute Gasteiger partial charge is 0.225 e. The number of amides is 1. The van der Waals surface area contributed by atoms with Gasteiger partial charge in [-0.3, -0.25) is 4.79 Å². The molecule has 0 aliphatic carbocycles. The highest BCUT2D eigenvalue weighted by Crippen LogP contribution is 2.32. The van der Waals surface area contributed by atoms with Crippen LogP contribution in [0, 0.1) is 5.92 Å². The first-order valence-corrected chi connectivity index (χ1v) is 7.65. The minimum atomic E-state index is 0.0856. The fourth-order valence-electron chi connectivity index (χ4n) is 2.95. The summed E-state index contributed by atoms with van der Waals surface area (Å²) in [5.41, 5.74) is 4.98. The van der Waals surface area contributed by atoms with Crippen LogP contribution < -0.4 is 0 Å². The van der Waals surface area contributed by atoms with E-state index in [2.05, 4.69) is 55.5 Å². The monoisotopic (exact) mass is 279 g/mol. The maximum atomic E-state index is 12.6. The molecular weight excluding hydrogens is 258 g/mol. The molecule has 1 heterocycles. The molecule has 0 unspecified atom stereocenters. The lowest BCUT2D eigenvalue weighted by Gasteiger charge is -2.24. The first kappa shape index (κ1) is 13.9. The Morgan fingerprint density at radius 1 is 1.00 bits per heavy atom. The van der Waals surface area contributed by atoms with Crippen molar-refractivity contribution in [1.29, 1.82) is 0 Å². The molecule has 2 nitrogen and oxygen atoms in total. The van der Waals surface area contributed by atoms with Crippen molar-refractivity contribution in [2.75, 3.05) is 0 Å². The number of fused-ring (bicyclic) bond motifs is 3. The lowest BCUT2D eigenvalue weighted by Crippen LogP contribution is -2.33. The maximum absolute atomic E-state index is 12.6. The van der Waals surface area contributed by atoms with Crippen LogP contribution in [0.25, 0.3) is 11.1 Å². The molecule has 2 aromatic rings. The van der Waals surface area contributed by atoms with Crippen molar-refractivity contribution in [2.24, 2.45) is 5.92 Å². The lowest BCUT2D eigenvalue weighted by molar-refractivity contribution is -0.136. The number of rotatable bonds is 2. The average Bonchev–Trinajstić information content (AvgIpc) is 2.70. The van der Waals surface area contributed by atoms with Crippen LogP contribution in [0.4, 0.5) is 0 Å². The topological polar surface area (TPSA) is 20.3 Å². The highest BCUT2D eigenvalue weighted by atomic mass is 16.2. The normalized spacial score (nSPS) is 14.9. The number of carbonyl (C=O) groups is 1. The van der Waals surface area contributed by atoms with E-state index in [1.54, 1.807) is 0 Å². The zero-order chi connectivity index (χ0) is 14.8. The first-order chi connectivity index (χ1) is 10.2. The number of nitrogens with zero attached hydrogens (tertiary/aromatic N) is 1. The summed E-state index contributed by atoms with van der Waals surface area (Å²) >= 11 is 0. The van der Waals surface area contributed by atoms with E-state index in [1.165, 1.54) is 22.3 Å². The highest BCUT2D eigenvalue weighted by molar-refractivity contribution is 5.80. The second kappa shape index (κ2) is 5.72. The Hall–Kier alpha value is -2.09. The minimum Gasteiger partial charge on any atom is -0.334 e. The molecule has 21 heavy (non-hydrogen) atoms. The predicted molar refractivity (Wildman–Crippen MR) is 85.6 cm³/mol. The van der Waals surface area contributed by atoms with Gasteiger partial charge in [-0.25, -0.2) is 0 Å². The van der Waals surface area contributed by atoms with E-state index >= 15 is 0 Å². The molecule has 1 aliphatic rings. The molecule has 0 radical (unpaired) electrons. The Kier molecular flexibility index (Phi) is 3.78. The number of hydrogen-bond acceptors (Lipinski definition) is 1. The molecule has 3 rings (SSSR count). The summed E-state index contributed by atoms with van der Waals surface area (Å²) in [4.78, 5) is 14.6. The van der Waals surface area contributed by atoms with Gasteiger partial charge in [0.25, 0.3) is 0 Å². The van der Waals surface area contributed by atoms with Gasteiger partial charge in [0, 0.05) is 19.0 Å². The zero-order valence-electron chi connectivity index (χ0n) is 12.7. The second-order valence-corrected chi connectivity index (χ2v) is 5.82. The van der Waals surface area contributed by atoms with Crippen LogP contribution in [0.1, 0.15) is 31.4 Å². The molecule has 0 N–H and O–H groups in total. The molecule has 1 amide bonds. The van der Waals surface area contributed by atoms with Crippen molar-refractivity contribution >= 4 is 5.91 Å². The fourth-order valence-corrected chi connectivity index (χ4v) is 2.95. The van der Waals surface area contributed by atoms with Crippen molar-refractivity contribution in [2.45, 2.75) is 33.4 Å². The molecule has 108 valence electrons. The Morgan fingerprint density at radius 2 is 1.48 bits per heavy atom. The van der Waals surface area contributed by atoms with Crippen LogP contribution >= 0.6 is 0 Å². The third-order valence-electron chi connectivity index (χ3n) is 4.39. The van der Waals surface area contributed by atoms with Crippen molar-refractivity contribution in [3.05, 3.63) is 59.7 Å². The van der Waals surface area contributed by atoms with Crippen molar-refractivity contribution in [3.63, 3.8) is 0 Å². The molecule has 0 aromatic heterocycles. The van der Waals surface area contributed by atoms with Gasteiger partial charge < -0.3 is 4.90 Å². The fraction of sp³-hybridized carbons (Fsp3) is 0.316. The molecule has 0 bridgehead atoms. The molecule has 0 spiro atoms. The Balaban J connectivity index is 2.07. The van der Waals surface area contributed by atoms with E-state index in [0.29, 0.717) is 13.1 Å². The van der Waals surface area contributed by atoms with Gasteiger partial charge in [-0.15, -0.1) is 0 Å². The molecular formula is C19H21NO. The lowest BCUT2D eigenvalue weighted by atomic mass is 9.97. The summed E-state index contributed by atoms with van der Waals surface area (Å²) in [7, 11) is 0. The van der Waals surface area contributed by atoms with Crippen LogP contribution in [0.2, 0.25) is 0 Å². The summed E-state index contributed by atoms with van der Waals surface area (Å²) in [5, 5.41) is 0. The third-order valence-corrected chi connectivity index (χ3v) is 4.39. The highest BCUT2D eigenvalue weighted by Gasteiger charge is 2.24. The van der Waals surface area contributed by atoms with Gasteiger partial charge in [-0.2, -0.15) is 0 Å². The standard InChI is InChI=1S/C19H21NO/c1-3-14(2)19(21)20-12-15-8-4-6-10-17(15)18-11-7-5-9-16(18)13-20/h4-11,14H,3,12-13H2,1-2H3/t14-/m0/s1. The van der Waals surface area contributed by atoms with Gasteiger partial charge >= 0.3 is 0 Å². The van der Waals surface area contributed by atoms with Gasteiger partial charge in [-0.05, 0) is 28.7 Å². The third kappa shape index (κ3) is 2.58. The largest absolute Gasteiger partial charge is 0.334 e. The van der Waals surface area contributed by atoms with Gasteiger partial charge in [0.2, 0.25) is 5.91 Å². The molecule has 0 saturated heterocycles. The van der Waals surface area contributed by atoms with Crippen LogP contribution in [0.5, 0.6) is 0 Å². The summed E-state index contributed by atoms with van der Waals surface area (Å²) in [5.74, 6) is 0.339. The SMILES string of the molecule is CC[C@H](C)C(=O)N1Cc2ccccc2-c2ccccc2C1. The Labute approximate surface area is 126 Å². The molecule has 1 atom stereocenters. The predicted octanol–water partition coefficient (Wildman–Crippen LogP) is 4.24. The molecule has 0 saturated carbocycles. The number of hydrogen-bond donors (Lipinski definition) is 0. The Bertz CT molecular complexity index is 615. The Morgan fingerprint density at radius 3 is 1.95 bits per heavy atom. The van der Waals surface area contributed by atoms with E-state index in [1.807, 2.05) is 11.8 Å². The molecule has 2 heteroatoms. The zero-order valence-corrected chi connectivity index (χ0v) is 12.7. The van der Waals surface area contributed by atoms with Gasteiger partial charge in [-0.1, -0.05) is 62.4 Å². The average molecular weight is 279 g/mol. The van der Waals surface area contributed by atoms with E-state index in [-0.39, 0.29) is 11.8 Å². The van der Waals surface area contributed by atoms with Gasteiger partial charge in [0.1, 0.15) is 0 Å². The van der Waals surface area contributed by atoms with E-state index < -0.39 is 0 Å². The van der Waals surface area contributed by atoms with Crippen LogP contribution in [-0.4, -0.2) is 10.8 Å². The summed E-state index contributed by atoms with van der Waals surface area (Å²) in [6, 6.07) is 16.8.